The van der Waals surface area contributed by atoms with E-state index in [1.54, 1.807) is 4.31 Å². The Morgan fingerprint density at radius 2 is 1.57 bits per heavy atom. The third-order valence-corrected chi connectivity index (χ3v) is 5.56. The molecule has 1 aliphatic rings. The summed E-state index contributed by atoms with van der Waals surface area (Å²) in [5, 5.41) is 0. The predicted octanol–water partition coefficient (Wildman–Crippen LogP) is 2.51. The summed E-state index contributed by atoms with van der Waals surface area (Å²) >= 11 is 0. The molecule has 0 N–H and O–H groups in total. The maximum atomic E-state index is 11.6. The number of hydrogen-bond acceptors (Lipinski definition) is 3. The van der Waals surface area contributed by atoms with Crippen LogP contribution < -0.4 is 4.90 Å². The van der Waals surface area contributed by atoms with Gasteiger partial charge in [0.15, 0.2) is 0 Å². The lowest BCUT2D eigenvalue weighted by molar-refractivity contribution is 0.388. The minimum Gasteiger partial charge on any atom is -0.369 e. The second-order valence-corrected chi connectivity index (χ2v) is 8.28. The topological polar surface area (TPSA) is 40.6 Å². The molecule has 0 atom stereocenters. The maximum absolute atomic E-state index is 11.6. The Morgan fingerprint density at radius 1 is 1.00 bits per heavy atom. The number of sulfonamides is 1. The molecular weight excluding hydrogens is 284 g/mol. The SMILES string of the molecule is Cc1cc(N2CCN(S(C)(=O)=O)CC2)c(C)cc1C(C)C. The number of hydrogen-bond donors (Lipinski definition) is 0. The third-order valence-electron chi connectivity index (χ3n) is 4.25. The molecule has 1 aromatic carbocycles. The van der Waals surface area contributed by atoms with Crippen molar-refractivity contribution in [1.82, 2.24) is 4.31 Å². The van der Waals surface area contributed by atoms with Gasteiger partial charge in [-0.3, -0.25) is 0 Å². The zero-order valence-electron chi connectivity index (χ0n) is 13.7. The number of anilines is 1. The summed E-state index contributed by atoms with van der Waals surface area (Å²) in [5.41, 5.74) is 5.23. The normalized spacial score (nSPS) is 17.5. The molecule has 0 aromatic heterocycles. The van der Waals surface area contributed by atoms with Crippen LogP contribution in [0.25, 0.3) is 0 Å². The molecular formula is C16H26N2O2S. The monoisotopic (exact) mass is 310 g/mol. The van der Waals surface area contributed by atoms with Gasteiger partial charge in [0.25, 0.3) is 0 Å². The molecule has 0 unspecified atom stereocenters. The van der Waals surface area contributed by atoms with Gasteiger partial charge in [-0.2, -0.15) is 4.31 Å². The van der Waals surface area contributed by atoms with E-state index in [1.165, 1.54) is 28.6 Å². The van der Waals surface area contributed by atoms with Gasteiger partial charge in [0.2, 0.25) is 10.0 Å². The fourth-order valence-electron chi connectivity index (χ4n) is 3.05. The Kier molecular flexibility index (Phi) is 4.63. The van der Waals surface area contributed by atoms with Crippen LogP contribution in [-0.4, -0.2) is 45.2 Å². The maximum Gasteiger partial charge on any atom is 0.211 e. The van der Waals surface area contributed by atoms with Crippen molar-refractivity contribution in [2.45, 2.75) is 33.6 Å². The second-order valence-electron chi connectivity index (χ2n) is 6.30. The lowest BCUT2D eigenvalue weighted by Gasteiger charge is -2.36. The van der Waals surface area contributed by atoms with Crippen molar-refractivity contribution in [3.63, 3.8) is 0 Å². The first-order chi connectivity index (χ1) is 9.70. The van der Waals surface area contributed by atoms with Crippen LogP contribution in [-0.2, 0) is 10.0 Å². The summed E-state index contributed by atoms with van der Waals surface area (Å²) in [6.45, 7) is 11.4. The van der Waals surface area contributed by atoms with Crippen LogP contribution >= 0.6 is 0 Å². The van der Waals surface area contributed by atoms with Crippen molar-refractivity contribution < 1.29 is 8.42 Å². The molecule has 21 heavy (non-hydrogen) atoms. The van der Waals surface area contributed by atoms with E-state index in [2.05, 4.69) is 44.7 Å². The first-order valence-electron chi connectivity index (χ1n) is 7.51. The molecule has 0 radical (unpaired) electrons. The smallest absolute Gasteiger partial charge is 0.211 e. The van der Waals surface area contributed by atoms with Crippen molar-refractivity contribution >= 4 is 15.7 Å². The fraction of sp³-hybridized carbons (Fsp3) is 0.625. The Hall–Kier alpha value is -1.07. The number of aryl methyl sites for hydroxylation is 2. The Labute approximate surface area is 128 Å². The summed E-state index contributed by atoms with van der Waals surface area (Å²) in [7, 11) is -3.06. The van der Waals surface area contributed by atoms with Crippen LogP contribution in [0.2, 0.25) is 0 Å². The van der Waals surface area contributed by atoms with Crippen LogP contribution in [0.4, 0.5) is 5.69 Å². The van der Waals surface area contributed by atoms with E-state index in [1.807, 2.05) is 0 Å². The molecule has 0 aliphatic carbocycles. The highest BCUT2D eigenvalue weighted by atomic mass is 32.2. The van der Waals surface area contributed by atoms with Crippen LogP contribution in [0.3, 0.4) is 0 Å². The van der Waals surface area contributed by atoms with Gasteiger partial charge in [-0.15, -0.1) is 0 Å². The standard InChI is InChI=1S/C16H26N2O2S/c1-12(2)15-10-14(4)16(11-13(15)3)17-6-8-18(9-7-17)21(5,19)20/h10-12H,6-9H2,1-5H3. The summed E-state index contributed by atoms with van der Waals surface area (Å²) < 4.78 is 24.7. The van der Waals surface area contributed by atoms with Gasteiger partial charge >= 0.3 is 0 Å². The molecule has 0 bridgehead atoms. The Balaban J connectivity index is 2.19. The van der Waals surface area contributed by atoms with Crippen LogP contribution in [0.1, 0.15) is 36.5 Å². The number of nitrogens with zero attached hydrogens (tertiary/aromatic N) is 2. The van der Waals surface area contributed by atoms with Gasteiger partial charge in [-0.05, 0) is 42.5 Å². The Morgan fingerprint density at radius 3 is 2.05 bits per heavy atom. The van der Waals surface area contributed by atoms with Gasteiger partial charge in [-0.1, -0.05) is 19.9 Å². The Bertz CT molecular complexity index is 615. The molecule has 0 spiro atoms. The number of rotatable bonds is 3. The zero-order valence-corrected chi connectivity index (χ0v) is 14.5. The van der Waals surface area contributed by atoms with E-state index in [4.69, 9.17) is 0 Å². The van der Waals surface area contributed by atoms with E-state index < -0.39 is 10.0 Å². The largest absolute Gasteiger partial charge is 0.369 e. The summed E-state index contributed by atoms with van der Waals surface area (Å²) in [6, 6.07) is 4.53. The van der Waals surface area contributed by atoms with Gasteiger partial charge in [0.05, 0.1) is 6.26 Å². The number of piperazine rings is 1. The van der Waals surface area contributed by atoms with Gasteiger partial charge in [0.1, 0.15) is 0 Å². The molecule has 118 valence electrons. The van der Waals surface area contributed by atoms with Crippen LogP contribution in [0.5, 0.6) is 0 Å². The quantitative estimate of drug-likeness (QED) is 0.861. The predicted molar refractivity (Wildman–Crippen MR) is 88.6 cm³/mol. The van der Waals surface area contributed by atoms with Gasteiger partial charge < -0.3 is 4.90 Å². The fourth-order valence-corrected chi connectivity index (χ4v) is 3.87. The molecule has 4 nitrogen and oxygen atoms in total. The molecule has 1 fully saturated rings. The average molecular weight is 310 g/mol. The van der Waals surface area contributed by atoms with E-state index >= 15 is 0 Å². The first kappa shape index (κ1) is 16.3. The molecule has 5 heteroatoms. The molecule has 1 saturated heterocycles. The van der Waals surface area contributed by atoms with Gasteiger partial charge in [0, 0.05) is 31.9 Å². The molecule has 0 amide bonds. The third kappa shape index (κ3) is 3.58. The zero-order chi connectivity index (χ0) is 15.8. The summed E-state index contributed by atoms with van der Waals surface area (Å²) in [6.07, 6.45) is 1.29. The second kappa shape index (κ2) is 5.97. The van der Waals surface area contributed by atoms with Crippen molar-refractivity contribution in [3.05, 3.63) is 28.8 Å². The molecule has 1 aromatic rings. The number of benzene rings is 1. The molecule has 1 aliphatic heterocycles. The molecule has 1 heterocycles. The lowest BCUT2D eigenvalue weighted by atomic mass is 9.94. The molecule has 0 saturated carbocycles. The summed E-state index contributed by atoms with van der Waals surface area (Å²) in [5.74, 6) is 0.528. The van der Waals surface area contributed by atoms with Gasteiger partial charge in [-0.25, -0.2) is 8.42 Å². The van der Waals surface area contributed by atoms with Crippen molar-refractivity contribution in [1.29, 1.82) is 0 Å². The average Bonchev–Trinajstić information content (AvgIpc) is 2.40. The first-order valence-corrected chi connectivity index (χ1v) is 9.36. The van der Waals surface area contributed by atoms with Crippen molar-refractivity contribution in [2.75, 3.05) is 37.3 Å². The highest BCUT2D eigenvalue weighted by Crippen LogP contribution is 2.29. The van der Waals surface area contributed by atoms with E-state index in [9.17, 15) is 8.42 Å². The highest BCUT2D eigenvalue weighted by molar-refractivity contribution is 7.88. The minimum atomic E-state index is -3.06. The van der Waals surface area contributed by atoms with E-state index in [-0.39, 0.29) is 0 Å². The van der Waals surface area contributed by atoms with Crippen LogP contribution in [0, 0.1) is 13.8 Å². The van der Waals surface area contributed by atoms with Crippen LogP contribution in [0.15, 0.2) is 12.1 Å². The highest BCUT2D eigenvalue weighted by Gasteiger charge is 2.24. The van der Waals surface area contributed by atoms with E-state index in [0.29, 0.717) is 19.0 Å². The van der Waals surface area contributed by atoms with Crippen molar-refractivity contribution in [2.24, 2.45) is 0 Å². The van der Waals surface area contributed by atoms with E-state index in [0.717, 1.165) is 13.1 Å². The van der Waals surface area contributed by atoms with Crippen molar-refractivity contribution in [3.8, 4) is 0 Å². The summed E-state index contributed by atoms with van der Waals surface area (Å²) in [4.78, 5) is 2.30. The molecule has 2 rings (SSSR count). The lowest BCUT2D eigenvalue weighted by Crippen LogP contribution is -2.48. The minimum absolute atomic E-state index is 0.528.